The summed E-state index contributed by atoms with van der Waals surface area (Å²) >= 11 is 0. The number of primary amides is 1. The zero-order valence-corrected chi connectivity index (χ0v) is 16.0. The maximum absolute atomic E-state index is 10.8. The summed E-state index contributed by atoms with van der Waals surface area (Å²) in [4.78, 5) is 30.2. The molecule has 0 bridgehead atoms. The fourth-order valence-corrected chi connectivity index (χ4v) is 2.02. The van der Waals surface area contributed by atoms with E-state index in [4.69, 9.17) is 37.6 Å². The first kappa shape index (κ1) is 25.3. The number of aliphatic carboxylic acids is 2. The van der Waals surface area contributed by atoms with Gasteiger partial charge in [-0.25, -0.2) is 0 Å². The minimum atomic E-state index is -0.934. The van der Waals surface area contributed by atoms with Gasteiger partial charge in [-0.1, -0.05) is 48.5 Å². The zero-order valence-electron chi connectivity index (χ0n) is 16.0. The number of carboxylic acids is 2. The molecule has 1 atom stereocenters. The predicted octanol–water partition coefficient (Wildman–Crippen LogP) is 1.19. The standard InChI is InChI=1S/C10H13NO2.C8H9N3O.C2H4O2/c11-9(10(12)13)7-6-8-4-2-1-3-5-8;9-7(10)5-3-1-2-4-6(5)8(11)12;1-2(3)4/h1-5,9H,6-7,11H2,(H,12,13);1-4H,(H3,9,10)(H2,11,12);1H3,(H,3,4)/t9-;;/m0../s1. The average Bonchev–Trinajstić information content (AvgIpc) is 2.66. The Morgan fingerprint density at radius 1 is 0.931 bits per heavy atom. The molecule has 0 aliphatic carbocycles. The summed E-state index contributed by atoms with van der Waals surface area (Å²) in [5.41, 5.74) is 17.4. The number of amides is 1. The Balaban J connectivity index is 0.000000459. The number of nitrogens with one attached hydrogen (secondary N) is 1. The van der Waals surface area contributed by atoms with Gasteiger partial charge >= 0.3 is 5.97 Å². The van der Waals surface area contributed by atoms with Crippen LogP contribution in [0.1, 0.15) is 34.8 Å². The lowest BCUT2D eigenvalue weighted by atomic mass is 10.1. The largest absolute Gasteiger partial charge is 0.481 e. The fraction of sp³-hybridized carbons (Fsp3) is 0.200. The highest BCUT2D eigenvalue weighted by molar-refractivity contribution is 6.06. The van der Waals surface area contributed by atoms with Crippen molar-refractivity contribution in [2.75, 3.05) is 0 Å². The van der Waals surface area contributed by atoms with Crippen molar-refractivity contribution < 1.29 is 24.6 Å². The van der Waals surface area contributed by atoms with E-state index in [0.29, 0.717) is 18.4 Å². The van der Waals surface area contributed by atoms with E-state index in [0.717, 1.165) is 12.5 Å². The van der Waals surface area contributed by atoms with Crippen LogP contribution in [0.5, 0.6) is 0 Å². The summed E-state index contributed by atoms with van der Waals surface area (Å²) < 4.78 is 0. The minimum Gasteiger partial charge on any atom is -0.481 e. The van der Waals surface area contributed by atoms with Crippen LogP contribution in [0.15, 0.2) is 54.6 Å². The Hall–Kier alpha value is -3.72. The van der Waals surface area contributed by atoms with Gasteiger partial charge in [-0.2, -0.15) is 0 Å². The smallest absolute Gasteiger partial charge is 0.320 e. The average molecular weight is 402 g/mol. The molecule has 0 radical (unpaired) electrons. The summed E-state index contributed by atoms with van der Waals surface area (Å²) in [6, 6.07) is 15.5. The topological polar surface area (TPSA) is 194 Å². The van der Waals surface area contributed by atoms with Crippen molar-refractivity contribution in [3.63, 3.8) is 0 Å². The number of carboxylic acid groups (broad SMARTS) is 2. The van der Waals surface area contributed by atoms with E-state index in [1.54, 1.807) is 24.3 Å². The second-order valence-electron chi connectivity index (χ2n) is 5.81. The number of rotatable bonds is 6. The van der Waals surface area contributed by atoms with E-state index >= 15 is 0 Å². The maximum atomic E-state index is 10.8. The number of aryl methyl sites for hydroxylation is 1. The van der Waals surface area contributed by atoms with Gasteiger partial charge in [-0.3, -0.25) is 19.8 Å². The molecule has 0 aliphatic heterocycles. The van der Waals surface area contributed by atoms with Crippen LogP contribution in [0.4, 0.5) is 0 Å². The van der Waals surface area contributed by atoms with Crippen molar-refractivity contribution in [3.05, 3.63) is 71.3 Å². The van der Waals surface area contributed by atoms with E-state index in [1.807, 2.05) is 30.3 Å². The van der Waals surface area contributed by atoms with Crippen LogP contribution in [0.3, 0.4) is 0 Å². The molecule has 0 heterocycles. The van der Waals surface area contributed by atoms with Gasteiger partial charge < -0.3 is 27.4 Å². The SMILES string of the molecule is CC(=O)O.N=C(N)c1ccccc1C(N)=O.N[C@@H](CCc1ccccc1)C(=O)O. The van der Waals surface area contributed by atoms with Gasteiger partial charge in [0.2, 0.25) is 5.91 Å². The van der Waals surface area contributed by atoms with Crippen LogP contribution in [0, 0.1) is 5.41 Å². The first-order valence-corrected chi connectivity index (χ1v) is 8.51. The maximum Gasteiger partial charge on any atom is 0.320 e. The van der Waals surface area contributed by atoms with Crippen LogP contribution >= 0.6 is 0 Å². The molecule has 29 heavy (non-hydrogen) atoms. The van der Waals surface area contributed by atoms with Gasteiger partial charge in [-0.15, -0.1) is 0 Å². The van der Waals surface area contributed by atoms with Crippen LogP contribution in [0.25, 0.3) is 0 Å². The molecule has 0 fully saturated rings. The second-order valence-corrected chi connectivity index (χ2v) is 5.81. The van der Waals surface area contributed by atoms with Crippen LogP contribution in [-0.4, -0.2) is 39.9 Å². The second kappa shape index (κ2) is 13.4. The molecule has 0 saturated heterocycles. The summed E-state index contributed by atoms with van der Waals surface area (Å²) in [5.74, 6) is -2.49. The molecular formula is C20H26N4O5. The van der Waals surface area contributed by atoms with Gasteiger partial charge in [-0.05, 0) is 24.5 Å². The fourth-order valence-electron chi connectivity index (χ4n) is 2.02. The van der Waals surface area contributed by atoms with Crippen molar-refractivity contribution in [1.29, 1.82) is 5.41 Å². The number of hydrogen-bond acceptors (Lipinski definition) is 5. The zero-order chi connectivity index (χ0) is 22.4. The molecule has 0 spiro atoms. The Labute approximate surface area is 168 Å². The third kappa shape index (κ3) is 11.6. The molecule has 0 aromatic heterocycles. The highest BCUT2D eigenvalue weighted by Gasteiger charge is 2.10. The van der Waals surface area contributed by atoms with Gasteiger partial charge in [0.05, 0.1) is 0 Å². The Kier molecular flexibility index (Phi) is 11.7. The van der Waals surface area contributed by atoms with Crippen LogP contribution < -0.4 is 17.2 Å². The molecule has 0 aliphatic rings. The highest BCUT2D eigenvalue weighted by Crippen LogP contribution is 2.06. The molecule has 2 rings (SSSR count). The number of amidine groups is 1. The summed E-state index contributed by atoms with van der Waals surface area (Å²) in [6.07, 6.45) is 1.20. The molecule has 1 amide bonds. The molecule has 2 aromatic carbocycles. The molecule has 9 heteroatoms. The third-order valence-corrected chi connectivity index (χ3v) is 3.39. The van der Waals surface area contributed by atoms with Gasteiger partial charge in [0, 0.05) is 18.1 Å². The molecule has 156 valence electrons. The van der Waals surface area contributed by atoms with E-state index in [-0.39, 0.29) is 11.4 Å². The number of hydrogen-bond donors (Lipinski definition) is 6. The molecule has 0 unspecified atom stereocenters. The number of nitrogens with two attached hydrogens (primary N) is 3. The van der Waals surface area contributed by atoms with E-state index < -0.39 is 23.9 Å². The molecular weight excluding hydrogens is 376 g/mol. The van der Waals surface area contributed by atoms with Crippen molar-refractivity contribution in [2.24, 2.45) is 17.2 Å². The Morgan fingerprint density at radius 2 is 1.38 bits per heavy atom. The number of benzene rings is 2. The van der Waals surface area contributed by atoms with Gasteiger partial charge in [0.25, 0.3) is 5.97 Å². The summed E-state index contributed by atoms with van der Waals surface area (Å²) in [7, 11) is 0. The van der Waals surface area contributed by atoms with Crippen molar-refractivity contribution in [3.8, 4) is 0 Å². The van der Waals surface area contributed by atoms with Crippen LogP contribution in [0.2, 0.25) is 0 Å². The lowest BCUT2D eigenvalue weighted by molar-refractivity contribution is -0.138. The molecule has 2 aromatic rings. The monoisotopic (exact) mass is 402 g/mol. The highest BCUT2D eigenvalue weighted by atomic mass is 16.4. The van der Waals surface area contributed by atoms with Crippen molar-refractivity contribution >= 4 is 23.7 Å². The molecule has 9 nitrogen and oxygen atoms in total. The first-order valence-electron chi connectivity index (χ1n) is 8.51. The van der Waals surface area contributed by atoms with E-state index in [2.05, 4.69) is 0 Å². The molecule has 9 N–H and O–H groups in total. The van der Waals surface area contributed by atoms with E-state index in [1.165, 1.54) is 0 Å². The number of nitrogen functional groups attached to an aromatic ring is 1. The first-order chi connectivity index (χ1) is 13.6. The Bertz CT molecular complexity index is 788. The number of carbonyl (C=O) groups is 3. The van der Waals surface area contributed by atoms with Gasteiger partial charge in [0.15, 0.2) is 0 Å². The van der Waals surface area contributed by atoms with E-state index in [9.17, 15) is 9.59 Å². The summed E-state index contributed by atoms with van der Waals surface area (Å²) in [6.45, 7) is 1.08. The lowest BCUT2D eigenvalue weighted by Gasteiger charge is -2.05. The third-order valence-electron chi connectivity index (χ3n) is 3.39. The normalized spacial score (nSPS) is 10.3. The Morgan fingerprint density at radius 3 is 1.76 bits per heavy atom. The quantitative estimate of drug-likeness (QED) is 0.308. The minimum absolute atomic E-state index is 0.149. The molecule has 0 saturated carbocycles. The van der Waals surface area contributed by atoms with Crippen LogP contribution in [-0.2, 0) is 16.0 Å². The van der Waals surface area contributed by atoms with Crippen molar-refractivity contribution in [1.82, 2.24) is 0 Å². The van der Waals surface area contributed by atoms with Crippen molar-refractivity contribution in [2.45, 2.75) is 25.8 Å². The predicted molar refractivity (Wildman–Crippen MR) is 110 cm³/mol. The lowest BCUT2D eigenvalue weighted by Crippen LogP contribution is -2.30. The van der Waals surface area contributed by atoms with Gasteiger partial charge in [0.1, 0.15) is 11.9 Å². The number of carbonyl (C=O) groups excluding carboxylic acids is 1. The summed E-state index contributed by atoms with van der Waals surface area (Å²) in [5, 5.41) is 23.1.